The normalized spacial score (nSPS) is 28.6. The van der Waals surface area contributed by atoms with E-state index in [1.54, 1.807) is 6.08 Å². The third-order valence-corrected chi connectivity index (χ3v) is 7.75. The van der Waals surface area contributed by atoms with Crippen molar-refractivity contribution in [1.82, 2.24) is 25.1 Å². The number of alkyl halides is 5. The molecule has 13 heteroatoms. The summed E-state index contributed by atoms with van der Waals surface area (Å²) in [5, 5.41) is 21.6. The van der Waals surface area contributed by atoms with E-state index >= 15 is 8.78 Å². The highest BCUT2D eigenvalue weighted by atomic mass is 19.4. The lowest BCUT2D eigenvalue weighted by atomic mass is 9.30. The highest BCUT2D eigenvalue weighted by Gasteiger charge is 2.82. The molecule has 4 aliphatic rings. The Balaban J connectivity index is 1.39. The minimum absolute atomic E-state index is 0.0127. The van der Waals surface area contributed by atoms with Crippen LogP contribution in [0.25, 0.3) is 0 Å². The number of rotatable bonds is 7. The number of hydrogen-bond acceptors (Lipinski definition) is 5. The zero-order valence-electron chi connectivity index (χ0n) is 18.4. The Labute approximate surface area is 195 Å². The molecule has 2 aromatic rings. The zero-order valence-corrected chi connectivity index (χ0v) is 18.4. The number of hydrogen-bond donors (Lipinski definition) is 1. The first-order valence-electron chi connectivity index (χ1n) is 11.0. The molecule has 0 amide bonds. The number of aliphatic hydroxyl groups is 1. The summed E-state index contributed by atoms with van der Waals surface area (Å²) in [6.45, 7) is -1.62. The van der Waals surface area contributed by atoms with E-state index in [-0.39, 0.29) is 32.4 Å². The minimum atomic E-state index is -4.31. The van der Waals surface area contributed by atoms with Crippen LogP contribution < -0.4 is 0 Å². The first-order valence-corrected chi connectivity index (χ1v) is 11.0. The largest absolute Gasteiger partial charge is 0.401 e. The Bertz CT molecular complexity index is 1130. The topological polar surface area (TPSA) is 67.1 Å². The van der Waals surface area contributed by atoms with E-state index in [1.807, 2.05) is 0 Å². The van der Waals surface area contributed by atoms with Crippen molar-refractivity contribution in [3.05, 3.63) is 53.4 Å². The van der Waals surface area contributed by atoms with Crippen LogP contribution in [0.3, 0.4) is 0 Å². The average Bonchev–Trinajstić information content (AvgIpc) is 3.18. The number of tetrazole rings is 1. The van der Waals surface area contributed by atoms with Gasteiger partial charge in [-0.15, -0.1) is 5.10 Å². The Hall–Kier alpha value is -2.54. The van der Waals surface area contributed by atoms with Crippen molar-refractivity contribution in [2.24, 2.45) is 10.8 Å². The molecule has 1 aromatic carbocycles. The van der Waals surface area contributed by atoms with E-state index in [9.17, 15) is 27.1 Å². The van der Waals surface area contributed by atoms with Gasteiger partial charge in [0.1, 0.15) is 18.0 Å². The molecule has 6 nitrogen and oxygen atoms in total. The van der Waals surface area contributed by atoms with E-state index in [4.69, 9.17) is 0 Å². The smallest absolute Gasteiger partial charge is 0.377 e. The molecule has 0 spiro atoms. The van der Waals surface area contributed by atoms with Crippen LogP contribution in [0.2, 0.25) is 0 Å². The predicted octanol–water partition coefficient (Wildman–Crippen LogP) is 3.84. The molecule has 3 fully saturated rings. The second-order valence-electron chi connectivity index (χ2n) is 9.99. The molecule has 1 unspecified atom stereocenters. The van der Waals surface area contributed by atoms with Gasteiger partial charge in [0.05, 0.1) is 13.1 Å². The molecule has 2 bridgehead atoms. The molecule has 35 heavy (non-hydrogen) atoms. The van der Waals surface area contributed by atoms with Crippen molar-refractivity contribution in [2.45, 2.75) is 49.9 Å². The molecule has 3 saturated carbocycles. The summed E-state index contributed by atoms with van der Waals surface area (Å²) < 4.78 is 99.2. The lowest BCUT2D eigenvalue weighted by Gasteiger charge is -2.75. The van der Waals surface area contributed by atoms with Crippen molar-refractivity contribution in [2.75, 3.05) is 19.6 Å². The van der Waals surface area contributed by atoms with Gasteiger partial charge in [-0.3, -0.25) is 4.90 Å². The number of nitrogens with zero attached hydrogens (tertiary/aromatic N) is 5. The van der Waals surface area contributed by atoms with Gasteiger partial charge in [-0.05, 0) is 53.7 Å². The zero-order chi connectivity index (χ0) is 25.3. The number of aromatic nitrogens is 4. The molecule has 1 aromatic heterocycles. The summed E-state index contributed by atoms with van der Waals surface area (Å²) in [7, 11) is 0. The third kappa shape index (κ3) is 3.74. The fraction of sp³-hybridized carbons (Fsp3) is 0.591. The van der Waals surface area contributed by atoms with Gasteiger partial charge in [-0.25, -0.2) is 22.2 Å². The van der Waals surface area contributed by atoms with E-state index < -0.39 is 58.8 Å². The van der Waals surface area contributed by atoms with Gasteiger partial charge in [0.2, 0.25) is 0 Å². The first kappa shape index (κ1) is 24.2. The van der Waals surface area contributed by atoms with E-state index in [2.05, 4.69) is 15.5 Å². The molecule has 6 rings (SSSR count). The first-order chi connectivity index (χ1) is 16.3. The van der Waals surface area contributed by atoms with Gasteiger partial charge in [-0.2, -0.15) is 13.2 Å². The van der Waals surface area contributed by atoms with Crippen molar-refractivity contribution in [3.8, 4) is 0 Å². The van der Waals surface area contributed by atoms with Gasteiger partial charge in [0, 0.05) is 30.1 Å². The highest BCUT2D eigenvalue weighted by Crippen LogP contribution is 2.82. The molecule has 190 valence electrons. The van der Waals surface area contributed by atoms with Crippen LogP contribution in [0.1, 0.15) is 31.2 Å². The molecule has 1 atom stereocenters. The summed E-state index contributed by atoms with van der Waals surface area (Å²) in [5.74, 6) is -6.14. The van der Waals surface area contributed by atoms with E-state index in [0.29, 0.717) is 12.5 Å². The maximum atomic E-state index is 16.1. The number of halogens is 7. The van der Waals surface area contributed by atoms with Crippen molar-refractivity contribution in [3.63, 3.8) is 0 Å². The Kier molecular flexibility index (Phi) is 5.34. The van der Waals surface area contributed by atoms with E-state index in [0.717, 1.165) is 28.7 Å². The van der Waals surface area contributed by atoms with Crippen LogP contribution in [-0.2, 0) is 12.1 Å². The van der Waals surface area contributed by atoms with Crippen LogP contribution in [0, 0.1) is 22.5 Å². The van der Waals surface area contributed by atoms with Crippen LogP contribution in [0.4, 0.5) is 30.7 Å². The van der Waals surface area contributed by atoms with E-state index in [1.165, 1.54) is 4.90 Å². The molecule has 2 heterocycles. The highest BCUT2D eigenvalue weighted by molar-refractivity contribution is 5.39. The Morgan fingerprint density at radius 3 is 2.29 bits per heavy atom. The average molecular weight is 505 g/mol. The van der Waals surface area contributed by atoms with Crippen LogP contribution in [-0.4, -0.2) is 61.9 Å². The van der Waals surface area contributed by atoms with Gasteiger partial charge in [-0.1, -0.05) is 11.6 Å². The summed E-state index contributed by atoms with van der Waals surface area (Å²) in [6, 6.07) is 2.02. The molecule has 1 N–H and O–H groups in total. The SMILES string of the molecule is OC(Cn1cnnn1)(c1ccc(F)cc1F)C(F)(F)C12CC(C3=CCN(CC(F)(F)F)CC3)(C1)C2. The maximum Gasteiger partial charge on any atom is 0.401 e. The Morgan fingerprint density at radius 1 is 1.03 bits per heavy atom. The third-order valence-electron chi connectivity index (χ3n) is 7.75. The van der Waals surface area contributed by atoms with Crippen molar-refractivity contribution in [1.29, 1.82) is 0 Å². The number of benzene rings is 1. The van der Waals surface area contributed by atoms with Crippen molar-refractivity contribution < 1.29 is 35.8 Å². The van der Waals surface area contributed by atoms with Gasteiger partial charge < -0.3 is 5.11 Å². The summed E-state index contributed by atoms with van der Waals surface area (Å²) in [5.41, 5.74) is -5.17. The maximum absolute atomic E-state index is 16.1. The van der Waals surface area contributed by atoms with Crippen LogP contribution in [0.5, 0.6) is 0 Å². The molecule has 0 radical (unpaired) electrons. The summed E-state index contributed by atoms with van der Waals surface area (Å²) in [6.07, 6.45) is -1.24. The molecular formula is C22H22F7N5O. The summed E-state index contributed by atoms with van der Waals surface area (Å²) >= 11 is 0. The predicted molar refractivity (Wildman–Crippen MR) is 107 cm³/mol. The second-order valence-corrected chi connectivity index (χ2v) is 9.99. The van der Waals surface area contributed by atoms with Gasteiger partial charge >= 0.3 is 6.18 Å². The second kappa shape index (κ2) is 7.73. The Morgan fingerprint density at radius 2 is 1.74 bits per heavy atom. The van der Waals surface area contributed by atoms with Crippen LogP contribution in [0.15, 0.2) is 36.2 Å². The lowest BCUT2D eigenvalue weighted by Crippen LogP contribution is -2.75. The molecule has 3 aliphatic carbocycles. The standard InChI is InChI=1S/C22H22F7N5O/c23-15-1-2-16(17(24)7-15)20(35,11-34-13-30-31-32-34)22(28,29)19-8-18(9-19,10-19)14-3-5-33(6-4-14)12-21(25,26)27/h1-3,7,13,35H,4-6,8-12H2. The minimum Gasteiger partial charge on any atom is -0.377 e. The molecule has 1 aliphatic heterocycles. The fourth-order valence-corrected chi connectivity index (χ4v) is 6.16. The van der Waals surface area contributed by atoms with Gasteiger partial charge in [0.15, 0.2) is 5.60 Å². The quantitative estimate of drug-likeness (QED) is 0.458. The lowest BCUT2D eigenvalue weighted by molar-refractivity contribution is -0.361. The summed E-state index contributed by atoms with van der Waals surface area (Å²) in [4.78, 5) is 1.25. The van der Waals surface area contributed by atoms with Crippen molar-refractivity contribution >= 4 is 0 Å². The van der Waals surface area contributed by atoms with Crippen LogP contribution >= 0.6 is 0 Å². The van der Waals surface area contributed by atoms with Gasteiger partial charge in [0.25, 0.3) is 5.92 Å². The molecule has 0 saturated heterocycles. The monoisotopic (exact) mass is 505 g/mol. The molecular weight excluding hydrogens is 483 g/mol. The fourth-order valence-electron chi connectivity index (χ4n) is 6.16.